The molecule has 0 aromatic rings. The van der Waals surface area contributed by atoms with Crippen LogP contribution < -0.4 is 0 Å². The van der Waals surface area contributed by atoms with E-state index in [9.17, 15) is 9.90 Å². The van der Waals surface area contributed by atoms with Gasteiger partial charge in [0.1, 0.15) is 12.7 Å². The van der Waals surface area contributed by atoms with Crippen LogP contribution >= 0.6 is 0 Å². The first-order chi connectivity index (χ1) is 11.2. The zero-order valence-corrected chi connectivity index (χ0v) is 15.3. The maximum atomic E-state index is 12.2. The van der Waals surface area contributed by atoms with Gasteiger partial charge in [-0.3, -0.25) is 4.79 Å². The molecule has 4 nitrogen and oxygen atoms in total. The lowest BCUT2D eigenvalue weighted by Crippen LogP contribution is -2.25. The third-order valence-electron chi connectivity index (χ3n) is 4.27. The average Bonchev–Trinajstić information content (AvgIpc) is 2.57. The number of hydrogen-bond donors (Lipinski definition) is 2. The van der Waals surface area contributed by atoms with E-state index in [1.54, 1.807) is 0 Å². The molecule has 0 aromatic carbocycles. The topological polar surface area (TPSA) is 66.8 Å². The summed E-state index contributed by atoms with van der Waals surface area (Å²) in [4.78, 5) is 12.2. The van der Waals surface area contributed by atoms with E-state index in [2.05, 4.69) is 13.8 Å². The standard InChI is InChI=1S/C19H38O4/c1-3-5-7-9-10-12-14-17(13-11-8-6-4-2)19(22)23-16-18(21)15-20/h17-18,20-21H,3-16H2,1-2H3. The number of aliphatic hydroxyl groups excluding tert-OH is 2. The van der Waals surface area contributed by atoms with E-state index >= 15 is 0 Å². The van der Waals surface area contributed by atoms with Crippen molar-refractivity contribution in [2.24, 2.45) is 5.92 Å². The average molecular weight is 331 g/mol. The molecule has 0 radical (unpaired) electrons. The van der Waals surface area contributed by atoms with Gasteiger partial charge in [-0.05, 0) is 12.8 Å². The fourth-order valence-electron chi connectivity index (χ4n) is 2.72. The number of carbonyl (C=O) groups is 1. The summed E-state index contributed by atoms with van der Waals surface area (Å²) in [6.07, 6.45) is 12.7. The first-order valence-corrected chi connectivity index (χ1v) is 9.61. The predicted octanol–water partition coefficient (Wildman–Crippen LogP) is 4.22. The molecule has 0 saturated heterocycles. The number of rotatable bonds is 16. The minimum atomic E-state index is -0.964. The van der Waals surface area contributed by atoms with Crippen molar-refractivity contribution in [3.8, 4) is 0 Å². The molecule has 0 aliphatic carbocycles. The van der Waals surface area contributed by atoms with Crippen LogP contribution in [0.3, 0.4) is 0 Å². The van der Waals surface area contributed by atoms with Gasteiger partial charge in [-0.25, -0.2) is 0 Å². The van der Waals surface area contributed by atoms with Crippen LogP contribution in [0, 0.1) is 5.92 Å². The Morgan fingerprint density at radius 1 is 0.870 bits per heavy atom. The Morgan fingerprint density at radius 3 is 1.87 bits per heavy atom. The van der Waals surface area contributed by atoms with E-state index < -0.39 is 6.10 Å². The van der Waals surface area contributed by atoms with Crippen LogP contribution in [0.4, 0.5) is 0 Å². The van der Waals surface area contributed by atoms with Crippen LogP contribution in [0.25, 0.3) is 0 Å². The summed E-state index contributed by atoms with van der Waals surface area (Å²) in [5, 5.41) is 18.1. The molecule has 0 rings (SSSR count). The molecule has 0 amide bonds. The molecule has 2 N–H and O–H groups in total. The molecule has 0 aromatic heterocycles. The van der Waals surface area contributed by atoms with Crippen molar-refractivity contribution >= 4 is 5.97 Å². The molecule has 0 spiro atoms. The maximum Gasteiger partial charge on any atom is 0.309 e. The number of ether oxygens (including phenoxy) is 1. The molecule has 0 fully saturated rings. The second-order valence-corrected chi connectivity index (χ2v) is 6.57. The summed E-state index contributed by atoms with van der Waals surface area (Å²) in [7, 11) is 0. The Hall–Kier alpha value is -0.610. The molecule has 0 aliphatic rings. The quantitative estimate of drug-likeness (QED) is 0.328. The van der Waals surface area contributed by atoms with Crippen molar-refractivity contribution in [1.82, 2.24) is 0 Å². The summed E-state index contributed by atoms with van der Waals surface area (Å²) in [5.41, 5.74) is 0. The first-order valence-electron chi connectivity index (χ1n) is 9.61. The van der Waals surface area contributed by atoms with Crippen molar-refractivity contribution in [3.05, 3.63) is 0 Å². The molecular formula is C19H38O4. The SMILES string of the molecule is CCCCCCCCC(CCCCCC)C(=O)OCC(O)CO. The highest BCUT2D eigenvalue weighted by molar-refractivity contribution is 5.72. The Bertz CT molecular complexity index is 268. The molecular weight excluding hydrogens is 292 g/mol. The monoisotopic (exact) mass is 330 g/mol. The van der Waals surface area contributed by atoms with Crippen molar-refractivity contribution in [2.75, 3.05) is 13.2 Å². The van der Waals surface area contributed by atoms with Gasteiger partial charge in [0, 0.05) is 0 Å². The second-order valence-electron chi connectivity index (χ2n) is 6.57. The summed E-state index contributed by atoms with van der Waals surface area (Å²) < 4.78 is 5.16. The molecule has 0 saturated carbocycles. The number of esters is 1. The maximum absolute atomic E-state index is 12.2. The number of carbonyl (C=O) groups excluding carboxylic acids is 1. The second kappa shape index (κ2) is 16.3. The molecule has 2 atom stereocenters. The van der Waals surface area contributed by atoms with Gasteiger partial charge in [0.15, 0.2) is 0 Å². The molecule has 0 heterocycles. The van der Waals surface area contributed by atoms with Gasteiger partial charge >= 0.3 is 5.97 Å². The Balaban J connectivity index is 4.07. The van der Waals surface area contributed by atoms with Crippen LogP contribution in [0.15, 0.2) is 0 Å². The van der Waals surface area contributed by atoms with Crippen LogP contribution in [0.1, 0.15) is 90.9 Å². The summed E-state index contributed by atoms with van der Waals surface area (Å²) >= 11 is 0. The minimum absolute atomic E-state index is 0.0519. The van der Waals surface area contributed by atoms with E-state index in [0.29, 0.717) is 0 Å². The Labute approximate surface area is 142 Å². The highest BCUT2D eigenvalue weighted by Crippen LogP contribution is 2.20. The number of hydrogen-bond acceptors (Lipinski definition) is 4. The van der Waals surface area contributed by atoms with Crippen molar-refractivity contribution in [2.45, 2.75) is 97.0 Å². The third kappa shape index (κ3) is 13.5. The fourth-order valence-corrected chi connectivity index (χ4v) is 2.72. The van der Waals surface area contributed by atoms with Crippen molar-refractivity contribution in [1.29, 1.82) is 0 Å². The van der Waals surface area contributed by atoms with Gasteiger partial charge in [0.25, 0.3) is 0 Å². The van der Waals surface area contributed by atoms with Crippen LogP contribution in [-0.4, -0.2) is 35.5 Å². The van der Waals surface area contributed by atoms with Crippen LogP contribution in [-0.2, 0) is 9.53 Å². The van der Waals surface area contributed by atoms with E-state index in [1.807, 2.05) is 0 Å². The largest absolute Gasteiger partial charge is 0.463 e. The lowest BCUT2D eigenvalue weighted by molar-refractivity contribution is -0.152. The van der Waals surface area contributed by atoms with Gasteiger partial charge < -0.3 is 14.9 Å². The predicted molar refractivity (Wildman–Crippen MR) is 94.3 cm³/mol. The first kappa shape index (κ1) is 22.4. The summed E-state index contributed by atoms with van der Waals surface area (Å²) in [6, 6.07) is 0. The van der Waals surface area contributed by atoms with Gasteiger partial charge in [0.05, 0.1) is 12.5 Å². The fraction of sp³-hybridized carbons (Fsp3) is 0.947. The molecule has 0 aliphatic heterocycles. The summed E-state index contributed by atoms with van der Waals surface area (Å²) in [6.45, 7) is 3.92. The highest BCUT2D eigenvalue weighted by Gasteiger charge is 2.20. The minimum Gasteiger partial charge on any atom is -0.463 e. The highest BCUT2D eigenvalue weighted by atomic mass is 16.5. The molecule has 0 bridgehead atoms. The van der Waals surface area contributed by atoms with Gasteiger partial charge in [-0.15, -0.1) is 0 Å². The van der Waals surface area contributed by atoms with E-state index in [1.165, 1.54) is 44.9 Å². The van der Waals surface area contributed by atoms with Crippen molar-refractivity contribution < 1.29 is 19.7 Å². The zero-order chi connectivity index (χ0) is 17.3. The number of aliphatic hydroxyl groups is 2. The Kier molecular flexibility index (Phi) is 15.8. The normalized spacial score (nSPS) is 13.7. The lowest BCUT2D eigenvalue weighted by atomic mass is 9.94. The van der Waals surface area contributed by atoms with Gasteiger partial charge in [-0.2, -0.15) is 0 Å². The van der Waals surface area contributed by atoms with Crippen LogP contribution in [0.2, 0.25) is 0 Å². The van der Waals surface area contributed by atoms with Gasteiger partial charge in [0.2, 0.25) is 0 Å². The van der Waals surface area contributed by atoms with Crippen molar-refractivity contribution in [3.63, 3.8) is 0 Å². The smallest absolute Gasteiger partial charge is 0.309 e. The number of unbranched alkanes of at least 4 members (excludes halogenated alkanes) is 8. The van der Waals surface area contributed by atoms with E-state index in [-0.39, 0.29) is 25.1 Å². The Morgan fingerprint density at radius 2 is 1.35 bits per heavy atom. The van der Waals surface area contributed by atoms with Gasteiger partial charge in [-0.1, -0.05) is 78.1 Å². The van der Waals surface area contributed by atoms with E-state index in [0.717, 1.165) is 32.1 Å². The van der Waals surface area contributed by atoms with E-state index in [4.69, 9.17) is 9.84 Å². The van der Waals surface area contributed by atoms with Crippen LogP contribution in [0.5, 0.6) is 0 Å². The molecule has 23 heavy (non-hydrogen) atoms. The molecule has 138 valence electrons. The molecule has 2 unspecified atom stereocenters. The molecule has 4 heteroatoms. The summed E-state index contributed by atoms with van der Waals surface area (Å²) in [5.74, 6) is -0.258. The lowest BCUT2D eigenvalue weighted by Gasteiger charge is -2.17. The zero-order valence-electron chi connectivity index (χ0n) is 15.3. The third-order valence-corrected chi connectivity index (χ3v) is 4.27.